The molecule has 0 bridgehead atoms. The second kappa shape index (κ2) is 7.25. The third kappa shape index (κ3) is 5.15. The number of carbonyl (C=O) groups is 1. The number of nitrogens with two attached hydrogens (primary N) is 1. The first-order chi connectivity index (χ1) is 7.50. The van der Waals surface area contributed by atoms with E-state index in [-0.39, 0.29) is 30.2 Å². The van der Waals surface area contributed by atoms with Crippen molar-refractivity contribution in [3.8, 4) is 0 Å². The summed E-state index contributed by atoms with van der Waals surface area (Å²) >= 11 is 0. The molecule has 0 saturated heterocycles. The van der Waals surface area contributed by atoms with Crippen molar-refractivity contribution >= 4 is 24.0 Å². The van der Waals surface area contributed by atoms with Crippen LogP contribution in [0.15, 0.2) is 18.2 Å². The average Bonchev–Trinajstić information content (AvgIpc) is 2.22. The molecule has 17 heavy (non-hydrogen) atoms. The highest BCUT2D eigenvalue weighted by Gasteiger charge is 2.07. The van der Waals surface area contributed by atoms with Crippen LogP contribution in [0.1, 0.15) is 25.3 Å². The normalized spacial score (nSPS) is 11.5. The van der Waals surface area contributed by atoms with Crippen LogP contribution in [0, 0.1) is 12.7 Å². The van der Waals surface area contributed by atoms with Crippen LogP contribution in [0.3, 0.4) is 0 Å². The molecule has 1 rings (SSSR count). The van der Waals surface area contributed by atoms with Gasteiger partial charge in [0.05, 0.1) is 0 Å². The number of amides is 1. The van der Waals surface area contributed by atoms with Gasteiger partial charge in [0.15, 0.2) is 0 Å². The first-order valence-corrected chi connectivity index (χ1v) is 5.31. The summed E-state index contributed by atoms with van der Waals surface area (Å²) in [7, 11) is 0. The third-order valence-corrected chi connectivity index (χ3v) is 2.37. The van der Waals surface area contributed by atoms with Gasteiger partial charge in [0.2, 0.25) is 5.91 Å². The molecule has 0 saturated carbocycles. The van der Waals surface area contributed by atoms with Crippen molar-refractivity contribution < 1.29 is 9.18 Å². The number of rotatable bonds is 4. The highest BCUT2D eigenvalue weighted by Crippen LogP contribution is 2.17. The molecular formula is C12H18ClFN2O. The SMILES string of the molecule is Cc1c(F)cccc1NC(=O)CCC(C)N.Cl. The summed E-state index contributed by atoms with van der Waals surface area (Å²) in [6.07, 6.45) is 0.980. The summed E-state index contributed by atoms with van der Waals surface area (Å²) in [6.45, 7) is 3.48. The van der Waals surface area contributed by atoms with E-state index in [0.717, 1.165) is 0 Å². The molecule has 3 nitrogen and oxygen atoms in total. The third-order valence-electron chi connectivity index (χ3n) is 2.37. The first kappa shape index (κ1) is 15.9. The van der Waals surface area contributed by atoms with Crippen LogP contribution in [0.25, 0.3) is 0 Å². The molecule has 0 fully saturated rings. The number of benzene rings is 1. The van der Waals surface area contributed by atoms with E-state index in [1.165, 1.54) is 6.07 Å². The van der Waals surface area contributed by atoms with Gasteiger partial charge in [-0.2, -0.15) is 0 Å². The van der Waals surface area contributed by atoms with Crippen molar-refractivity contribution in [2.45, 2.75) is 32.7 Å². The lowest BCUT2D eigenvalue weighted by Crippen LogP contribution is -2.19. The number of hydrogen-bond acceptors (Lipinski definition) is 2. The van der Waals surface area contributed by atoms with Crippen LogP contribution in [0.2, 0.25) is 0 Å². The van der Waals surface area contributed by atoms with Gasteiger partial charge < -0.3 is 11.1 Å². The largest absolute Gasteiger partial charge is 0.328 e. The van der Waals surface area contributed by atoms with Gasteiger partial charge in [0.1, 0.15) is 5.82 Å². The van der Waals surface area contributed by atoms with E-state index >= 15 is 0 Å². The smallest absolute Gasteiger partial charge is 0.224 e. The molecule has 1 aromatic carbocycles. The van der Waals surface area contributed by atoms with E-state index in [2.05, 4.69) is 5.32 Å². The van der Waals surface area contributed by atoms with Gasteiger partial charge in [-0.15, -0.1) is 12.4 Å². The van der Waals surface area contributed by atoms with E-state index in [1.807, 2.05) is 6.92 Å². The number of hydrogen-bond donors (Lipinski definition) is 2. The lowest BCUT2D eigenvalue weighted by Gasteiger charge is -2.09. The molecule has 0 heterocycles. The Morgan fingerprint density at radius 2 is 2.18 bits per heavy atom. The van der Waals surface area contributed by atoms with Gasteiger partial charge >= 0.3 is 0 Å². The van der Waals surface area contributed by atoms with Crippen LogP contribution < -0.4 is 11.1 Å². The quantitative estimate of drug-likeness (QED) is 0.874. The molecule has 1 amide bonds. The molecule has 96 valence electrons. The van der Waals surface area contributed by atoms with E-state index in [0.29, 0.717) is 24.1 Å². The van der Waals surface area contributed by atoms with Gasteiger partial charge in [-0.05, 0) is 32.4 Å². The Morgan fingerprint density at radius 3 is 2.76 bits per heavy atom. The predicted molar refractivity (Wildman–Crippen MR) is 69.9 cm³/mol. The van der Waals surface area contributed by atoms with Crippen LogP contribution in [0.5, 0.6) is 0 Å². The molecule has 0 radical (unpaired) electrons. The molecule has 5 heteroatoms. The Bertz CT molecular complexity index is 383. The Labute approximate surface area is 107 Å². The monoisotopic (exact) mass is 260 g/mol. The minimum atomic E-state index is -0.315. The van der Waals surface area contributed by atoms with E-state index in [4.69, 9.17) is 5.73 Å². The van der Waals surface area contributed by atoms with Gasteiger partial charge in [-0.3, -0.25) is 4.79 Å². The number of nitrogens with one attached hydrogen (secondary N) is 1. The zero-order valence-electron chi connectivity index (χ0n) is 10.00. The second-order valence-electron chi connectivity index (χ2n) is 3.98. The van der Waals surface area contributed by atoms with Crippen molar-refractivity contribution in [2.24, 2.45) is 5.73 Å². The Hall–Kier alpha value is -1.13. The number of carbonyl (C=O) groups excluding carboxylic acids is 1. The van der Waals surface area contributed by atoms with Gasteiger partial charge in [0, 0.05) is 23.7 Å². The highest BCUT2D eigenvalue weighted by atomic mass is 35.5. The van der Waals surface area contributed by atoms with Crippen molar-refractivity contribution in [1.29, 1.82) is 0 Å². The second-order valence-corrected chi connectivity index (χ2v) is 3.98. The molecule has 3 N–H and O–H groups in total. The minimum absolute atomic E-state index is 0. The molecule has 1 aromatic rings. The zero-order chi connectivity index (χ0) is 12.1. The lowest BCUT2D eigenvalue weighted by atomic mass is 10.1. The van der Waals surface area contributed by atoms with E-state index < -0.39 is 0 Å². The predicted octanol–water partition coefficient (Wildman–Crippen LogP) is 2.62. The minimum Gasteiger partial charge on any atom is -0.328 e. The van der Waals surface area contributed by atoms with Crippen LogP contribution in [0.4, 0.5) is 10.1 Å². The molecule has 1 unspecified atom stereocenters. The maximum atomic E-state index is 13.2. The summed E-state index contributed by atoms with van der Waals surface area (Å²) in [5.41, 5.74) is 6.53. The Balaban J connectivity index is 0.00000256. The summed E-state index contributed by atoms with van der Waals surface area (Å²) in [5.74, 6) is -0.448. The van der Waals surface area contributed by atoms with Crippen molar-refractivity contribution in [3.05, 3.63) is 29.6 Å². The van der Waals surface area contributed by atoms with E-state index in [1.54, 1.807) is 19.1 Å². The zero-order valence-corrected chi connectivity index (χ0v) is 10.8. The fraction of sp³-hybridized carbons (Fsp3) is 0.417. The fourth-order valence-corrected chi connectivity index (χ4v) is 1.31. The first-order valence-electron chi connectivity index (χ1n) is 5.31. The average molecular weight is 261 g/mol. The Morgan fingerprint density at radius 1 is 1.53 bits per heavy atom. The summed E-state index contributed by atoms with van der Waals surface area (Å²) in [4.78, 5) is 11.5. The molecule has 0 spiro atoms. The molecular weight excluding hydrogens is 243 g/mol. The van der Waals surface area contributed by atoms with E-state index in [9.17, 15) is 9.18 Å². The lowest BCUT2D eigenvalue weighted by molar-refractivity contribution is -0.116. The maximum absolute atomic E-state index is 13.2. The number of anilines is 1. The van der Waals surface area contributed by atoms with Gasteiger partial charge in [0.25, 0.3) is 0 Å². The van der Waals surface area contributed by atoms with Crippen molar-refractivity contribution in [3.63, 3.8) is 0 Å². The maximum Gasteiger partial charge on any atom is 0.224 e. The molecule has 0 aliphatic rings. The standard InChI is InChI=1S/C12H17FN2O.ClH/c1-8(14)6-7-12(16)15-11-5-3-4-10(13)9(11)2;/h3-5,8H,6-7,14H2,1-2H3,(H,15,16);1H. The van der Waals surface area contributed by atoms with Crippen molar-refractivity contribution in [1.82, 2.24) is 0 Å². The van der Waals surface area contributed by atoms with Crippen LogP contribution >= 0.6 is 12.4 Å². The highest BCUT2D eigenvalue weighted by molar-refractivity contribution is 5.91. The van der Waals surface area contributed by atoms with Gasteiger partial charge in [-0.1, -0.05) is 6.07 Å². The molecule has 0 aromatic heterocycles. The topological polar surface area (TPSA) is 55.1 Å². The summed E-state index contributed by atoms with van der Waals surface area (Å²) < 4.78 is 13.2. The molecule has 0 aliphatic heterocycles. The molecule has 0 aliphatic carbocycles. The van der Waals surface area contributed by atoms with Crippen molar-refractivity contribution in [2.75, 3.05) is 5.32 Å². The summed E-state index contributed by atoms with van der Waals surface area (Å²) in [6, 6.07) is 4.62. The Kier molecular flexibility index (Phi) is 6.76. The molecule has 1 atom stereocenters. The number of halogens is 2. The summed E-state index contributed by atoms with van der Waals surface area (Å²) in [5, 5.41) is 2.67. The van der Waals surface area contributed by atoms with Gasteiger partial charge in [-0.25, -0.2) is 4.39 Å². The fourth-order valence-electron chi connectivity index (χ4n) is 1.31. The van der Waals surface area contributed by atoms with Crippen LogP contribution in [-0.4, -0.2) is 11.9 Å². The van der Waals surface area contributed by atoms with Crippen LogP contribution in [-0.2, 0) is 4.79 Å².